The molecule has 2 aromatic carbocycles. The van der Waals surface area contributed by atoms with Crippen molar-refractivity contribution in [1.29, 1.82) is 0 Å². The van der Waals surface area contributed by atoms with Crippen molar-refractivity contribution in [1.82, 2.24) is 4.90 Å². The van der Waals surface area contributed by atoms with Crippen LogP contribution in [0.15, 0.2) is 66.3 Å². The third-order valence-electron chi connectivity index (χ3n) is 4.89. The van der Waals surface area contributed by atoms with E-state index in [1.807, 2.05) is 24.3 Å². The summed E-state index contributed by atoms with van der Waals surface area (Å²) in [4.78, 5) is 7.87. The predicted molar refractivity (Wildman–Crippen MR) is 121 cm³/mol. The van der Waals surface area contributed by atoms with E-state index in [1.54, 1.807) is 6.08 Å². The highest BCUT2D eigenvalue weighted by molar-refractivity contribution is 6.30. The molecule has 0 aliphatic carbocycles. The van der Waals surface area contributed by atoms with E-state index < -0.39 is 6.10 Å². The van der Waals surface area contributed by atoms with Crippen molar-refractivity contribution in [2.45, 2.75) is 32.1 Å². The first-order valence-electron chi connectivity index (χ1n) is 10.2. The molecule has 5 nitrogen and oxygen atoms in total. The number of benzene rings is 2. The van der Waals surface area contributed by atoms with Gasteiger partial charge in [0.25, 0.3) is 0 Å². The van der Waals surface area contributed by atoms with Crippen LogP contribution in [0.3, 0.4) is 0 Å². The van der Waals surface area contributed by atoms with Gasteiger partial charge in [0.15, 0.2) is 0 Å². The Labute approximate surface area is 183 Å². The number of halogens is 1. The average Bonchev–Trinajstić information content (AvgIpc) is 3.17. The Balaban J connectivity index is 1.61. The number of ether oxygens (including phenoxy) is 1. The second kappa shape index (κ2) is 11.3. The maximum Gasteiger partial charge on any atom is 0.145 e. The summed E-state index contributed by atoms with van der Waals surface area (Å²) < 4.78 is 5.40. The standard InChI is InChI=1S/C24H29ClN2O3/c1-3-11-29-17-22(28)15-27(14-19-5-4-6-21(25)12-19)16-23-13-24(26-30-23)20-9-7-18(2)8-10-20/h3-10,12,22-23,28H,1,11,13-17H2,2H3/t22-,23+/m1/s1. The van der Waals surface area contributed by atoms with Crippen LogP contribution < -0.4 is 0 Å². The van der Waals surface area contributed by atoms with Gasteiger partial charge in [-0.3, -0.25) is 4.90 Å². The van der Waals surface area contributed by atoms with E-state index in [-0.39, 0.29) is 12.7 Å². The van der Waals surface area contributed by atoms with Crippen LogP contribution in [0.4, 0.5) is 0 Å². The number of aliphatic hydroxyl groups excluding tert-OH is 1. The second-order valence-electron chi connectivity index (χ2n) is 7.64. The zero-order valence-electron chi connectivity index (χ0n) is 17.3. The van der Waals surface area contributed by atoms with Crippen LogP contribution in [0.1, 0.15) is 23.1 Å². The number of rotatable bonds is 11. The number of nitrogens with zero attached hydrogens (tertiary/aromatic N) is 2. The Morgan fingerprint density at radius 1 is 1.33 bits per heavy atom. The summed E-state index contributed by atoms with van der Waals surface area (Å²) in [5, 5.41) is 15.4. The normalized spacial score (nSPS) is 16.9. The molecule has 0 saturated carbocycles. The van der Waals surface area contributed by atoms with Gasteiger partial charge in [0.05, 0.1) is 25.0 Å². The van der Waals surface area contributed by atoms with Crippen molar-refractivity contribution in [2.75, 3.05) is 26.3 Å². The van der Waals surface area contributed by atoms with Crippen LogP contribution in [0.25, 0.3) is 0 Å². The van der Waals surface area contributed by atoms with Crippen LogP contribution in [0, 0.1) is 6.92 Å². The molecule has 2 aromatic rings. The van der Waals surface area contributed by atoms with Gasteiger partial charge in [-0.1, -0.05) is 64.8 Å². The van der Waals surface area contributed by atoms with E-state index >= 15 is 0 Å². The smallest absolute Gasteiger partial charge is 0.145 e. The monoisotopic (exact) mass is 428 g/mol. The molecule has 0 unspecified atom stereocenters. The van der Waals surface area contributed by atoms with Gasteiger partial charge in [-0.05, 0) is 30.2 Å². The van der Waals surface area contributed by atoms with E-state index in [2.05, 4.69) is 47.8 Å². The minimum Gasteiger partial charge on any atom is -0.390 e. The van der Waals surface area contributed by atoms with E-state index in [1.165, 1.54) is 5.56 Å². The summed E-state index contributed by atoms with van der Waals surface area (Å²) >= 11 is 6.15. The van der Waals surface area contributed by atoms with Crippen molar-refractivity contribution in [3.8, 4) is 0 Å². The fourth-order valence-corrected chi connectivity index (χ4v) is 3.68. The maximum absolute atomic E-state index is 10.4. The Hall–Kier alpha value is -2.18. The van der Waals surface area contributed by atoms with Crippen LogP contribution in [0.2, 0.25) is 5.02 Å². The van der Waals surface area contributed by atoms with Gasteiger partial charge >= 0.3 is 0 Å². The summed E-state index contributed by atoms with van der Waals surface area (Å²) in [6.45, 7) is 8.13. The summed E-state index contributed by atoms with van der Waals surface area (Å²) in [5.74, 6) is 0. The first-order valence-corrected chi connectivity index (χ1v) is 10.5. The average molecular weight is 429 g/mol. The predicted octanol–water partition coefficient (Wildman–Crippen LogP) is 4.21. The summed E-state index contributed by atoms with van der Waals surface area (Å²) in [6.07, 6.45) is 1.73. The van der Waals surface area contributed by atoms with Crippen LogP contribution in [0.5, 0.6) is 0 Å². The highest BCUT2D eigenvalue weighted by Gasteiger charge is 2.25. The molecule has 0 aromatic heterocycles. The zero-order valence-corrected chi connectivity index (χ0v) is 18.1. The van der Waals surface area contributed by atoms with E-state index in [0.717, 1.165) is 23.3 Å². The lowest BCUT2D eigenvalue weighted by Crippen LogP contribution is -2.39. The van der Waals surface area contributed by atoms with Crippen molar-refractivity contribution < 1.29 is 14.7 Å². The molecule has 3 rings (SSSR count). The van der Waals surface area contributed by atoms with Gasteiger partial charge in [-0.2, -0.15) is 0 Å². The lowest BCUT2D eigenvalue weighted by Gasteiger charge is -2.27. The molecule has 0 spiro atoms. The Morgan fingerprint density at radius 2 is 2.13 bits per heavy atom. The number of aliphatic hydroxyl groups is 1. The first kappa shape index (κ1) is 22.5. The Kier molecular flexibility index (Phi) is 8.46. The third-order valence-corrected chi connectivity index (χ3v) is 5.12. The molecule has 0 saturated heterocycles. The van der Waals surface area contributed by atoms with Crippen molar-refractivity contribution >= 4 is 17.3 Å². The van der Waals surface area contributed by atoms with Gasteiger partial charge < -0.3 is 14.7 Å². The quantitative estimate of drug-likeness (QED) is 0.430. The van der Waals surface area contributed by atoms with Crippen molar-refractivity contribution in [3.63, 3.8) is 0 Å². The number of oxime groups is 1. The molecule has 30 heavy (non-hydrogen) atoms. The van der Waals surface area contributed by atoms with Crippen LogP contribution >= 0.6 is 11.6 Å². The third kappa shape index (κ3) is 6.96. The molecule has 1 aliphatic rings. The maximum atomic E-state index is 10.4. The lowest BCUT2D eigenvalue weighted by atomic mass is 10.0. The number of aryl methyl sites for hydroxylation is 1. The first-order chi connectivity index (χ1) is 14.5. The molecule has 6 heteroatoms. The van der Waals surface area contributed by atoms with Crippen molar-refractivity contribution in [3.05, 3.63) is 82.9 Å². The van der Waals surface area contributed by atoms with Crippen molar-refractivity contribution in [2.24, 2.45) is 5.16 Å². The van der Waals surface area contributed by atoms with E-state index in [0.29, 0.717) is 31.3 Å². The SMILES string of the molecule is C=CCOC[C@H](O)CN(Cc1cccc(Cl)c1)C[C@@H]1CC(c2ccc(C)cc2)=NO1. The number of hydrogen-bond donors (Lipinski definition) is 1. The summed E-state index contributed by atoms with van der Waals surface area (Å²) in [5.41, 5.74) is 4.34. The Morgan fingerprint density at radius 3 is 2.87 bits per heavy atom. The molecular weight excluding hydrogens is 400 g/mol. The minimum atomic E-state index is -0.608. The van der Waals surface area contributed by atoms with Gasteiger partial charge in [0.2, 0.25) is 0 Å². The fourth-order valence-electron chi connectivity index (χ4n) is 3.47. The molecule has 0 fully saturated rings. The van der Waals surface area contributed by atoms with Crippen LogP contribution in [-0.4, -0.2) is 54.2 Å². The van der Waals surface area contributed by atoms with Gasteiger partial charge in [-0.25, -0.2) is 0 Å². The van der Waals surface area contributed by atoms with Crippen LogP contribution in [-0.2, 0) is 16.1 Å². The molecule has 1 heterocycles. The zero-order chi connectivity index (χ0) is 21.3. The molecular formula is C24H29ClN2O3. The van der Waals surface area contributed by atoms with E-state index in [9.17, 15) is 5.11 Å². The lowest BCUT2D eigenvalue weighted by molar-refractivity contribution is 0.00336. The largest absolute Gasteiger partial charge is 0.390 e. The topological polar surface area (TPSA) is 54.3 Å². The molecule has 0 radical (unpaired) electrons. The molecule has 0 bridgehead atoms. The second-order valence-corrected chi connectivity index (χ2v) is 8.08. The van der Waals surface area contributed by atoms with Gasteiger partial charge in [0, 0.05) is 31.1 Å². The highest BCUT2D eigenvalue weighted by atomic mass is 35.5. The molecule has 160 valence electrons. The van der Waals surface area contributed by atoms with Gasteiger partial charge in [0.1, 0.15) is 6.10 Å². The number of hydrogen-bond acceptors (Lipinski definition) is 5. The Bertz CT molecular complexity index is 854. The highest BCUT2D eigenvalue weighted by Crippen LogP contribution is 2.20. The molecule has 1 aliphatic heterocycles. The molecule has 0 amide bonds. The molecule has 2 atom stereocenters. The minimum absolute atomic E-state index is 0.0678. The summed E-state index contributed by atoms with van der Waals surface area (Å²) in [7, 11) is 0. The van der Waals surface area contributed by atoms with E-state index in [4.69, 9.17) is 21.2 Å². The fraction of sp³-hybridized carbons (Fsp3) is 0.375. The summed E-state index contributed by atoms with van der Waals surface area (Å²) in [6, 6.07) is 16.1. The van der Waals surface area contributed by atoms with Gasteiger partial charge in [-0.15, -0.1) is 6.58 Å². The molecule has 1 N–H and O–H groups in total.